The summed E-state index contributed by atoms with van der Waals surface area (Å²) in [5, 5.41) is 2.57. The van der Waals surface area contributed by atoms with Crippen molar-refractivity contribution in [3.05, 3.63) is 35.7 Å². The molecule has 11 heavy (non-hydrogen) atoms. The number of carbonyl (C=O) groups is 1. The van der Waals surface area contributed by atoms with Crippen molar-refractivity contribution in [1.29, 1.82) is 0 Å². The largest absolute Gasteiger partial charge is 0.326 e. The van der Waals surface area contributed by atoms with Crippen LogP contribution in [0.4, 0.5) is 5.69 Å². The molecule has 0 saturated heterocycles. The molecule has 0 aliphatic carbocycles. The van der Waals surface area contributed by atoms with Crippen molar-refractivity contribution >= 4 is 27.5 Å². The van der Waals surface area contributed by atoms with Gasteiger partial charge in [0, 0.05) is 17.1 Å². The van der Waals surface area contributed by atoms with Gasteiger partial charge in [-0.15, -0.1) is 0 Å². The molecule has 0 atom stereocenters. The van der Waals surface area contributed by atoms with Crippen LogP contribution >= 0.6 is 15.9 Å². The molecule has 0 aliphatic rings. The molecule has 1 amide bonds. The maximum absolute atomic E-state index is 10.5. The quantitative estimate of drug-likeness (QED) is 0.761. The lowest BCUT2D eigenvalue weighted by molar-refractivity contribution is -0.112. The average molecular weight is 213 g/mol. The molecule has 0 saturated carbocycles. The Balaban J connectivity index is 2.79. The topological polar surface area (TPSA) is 29.1 Å². The minimum Gasteiger partial charge on any atom is -0.326 e. The van der Waals surface area contributed by atoms with E-state index in [0.717, 1.165) is 10.2 Å². The Morgan fingerprint density at radius 3 is 2.82 bits per heavy atom. The molecule has 1 N–H and O–H groups in total. The Morgan fingerprint density at radius 1 is 1.55 bits per heavy atom. The molecule has 0 fully saturated rings. The lowest BCUT2D eigenvalue weighted by Gasteiger charge is -2.00. The molecular weight excluding hydrogens is 206 g/mol. The number of benzene rings is 1. The Hall–Kier alpha value is -0.830. The zero-order chi connectivity index (χ0) is 8.27. The van der Waals surface area contributed by atoms with Crippen molar-refractivity contribution < 1.29 is 4.79 Å². The summed E-state index contributed by atoms with van der Waals surface area (Å²) in [7, 11) is 0. The predicted octanol–water partition coefficient (Wildman–Crippen LogP) is 2.22. The highest BCUT2D eigenvalue weighted by Crippen LogP contribution is 2.15. The van der Waals surface area contributed by atoms with Gasteiger partial charge in [-0.3, -0.25) is 4.79 Å². The van der Waals surface area contributed by atoms with E-state index in [-0.39, 0.29) is 5.91 Å². The lowest BCUT2D eigenvalue weighted by Crippen LogP contribution is -2.05. The number of anilines is 1. The first-order valence-electron chi connectivity index (χ1n) is 3.07. The van der Waals surface area contributed by atoms with Gasteiger partial charge in [-0.1, -0.05) is 22.0 Å². The van der Waals surface area contributed by atoms with Crippen molar-refractivity contribution in [1.82, 2.24) is 0 Å². The molecular formula is C8H7BrNO. The standard InChI is InChI=1S/C8H7BrNO/c1-6(11)10-8-4-2-3-7(9)5-8/h2-5H,1H2,(H,10,11). The monoisotopic (exact) mass is 212 g/mol. The normalized spacial score (nSPS) is 9.27. The third-order valence-corrected chi connectivity index (χ3v) is 1.60. The summed E-state index contributed by atoms with van der Waals surface area (Å²) in [4.78, 5) is 10.5. The number of hydrogen-bond donors (Lipinski definition) is 1. The highest BCUT2D eigenvalue weighted by molar-refractivity contribution is 9.10. The Labute approximate surface area is 73.7 Å². The second kappa shape index (κ2) is 3.53. The third-order valence-electron chi connectivity index (χ3n) is 1.11. The lowest BCUT2D eigenvalue weighted by atomic mass is 10.3. The van der Waals surface area contributed by atoms with Crippen molar-refractivity contribution in [2.45, 2.75) is 0 Å². The van der Waals surface area contributed by atoms with Crippen molar-refractivity contribution in [2.75, 3.05) is 5.32 Å². The van der Waals surface area contributed by atoms with E-state index >= 15 is 0 Å². The predicted molar refractivity (Wildman–Crippen MR) is 48.1 cm³/mol. The van der Waals surface area contributed by atoms with Gasteiger partial charge in [0.15, 0.2) is 0 Å². The van der Waals surface area contributed by atoms with Crippen molar-refractivity contribution in [2.24, 2.45) is 0 Å². The molecule has 0 spiro atoms. The first-order chi connectivity index (χ1) is 5.18. The van der Waals surface area contributed by atoms with Crippen LogP contribution in [0.3, 0.4) is 0 Å². The van der Waals surface area contributed by atoms with E-state index in [4.69, 9.17) is 0 Å². The summed E-state index contributed by atoms with van der Waals surface area (Å²) in [6.45, 7) is 3.20. The van der Waals surface area contributed by atoms with E-state index in [1.807, 2.05) is 18.2 Å². The van der Waals surface area contributed by atoms with Crippen LogP contribution in [0.15, 0.2) is 28.7 Å². The molecule has 1 aromatic carbocycles. The zero-order valence-electron chi connectivity index (χ0n) is 5.80. The minimum atomic E-state index is -0.303. The van der Waals surface area contributed by atoms with Gasteiger partial charge in [0.25, 0.3) is 0 Å². The van der Waals surface area contributed by atoms with E-state index in [1.54, 1.807) is 6.07 Å². The fourth-order valence-electron chi connectivity index (χ4n) is 0.727. The van der Waals surface area contributed by atoms with Gasteiger partial charge in [0.2, 0.25) is 5.91 Å². The van der Waals surface area contributed by atoms with Gasteiger partial charge in [0.05, 0.1) is 0 Å². The van der Waals surface area contributed by atoms with Crippen molar-refractivity contribution in [3.8, 4) is 0 Å². The fraction of sp³-hybridized carbons (Fsp3) is 0. The van der Waals surface area contributed by atoms with Gasteiger partial charge < -0.3 is 5.32 Å². The molecule has 0 heterocycles. The van der Waals surface area contributed by atoms with Gasteiger partial charge >= 0.3 is 0 Å². The van der Waals surface area contributed by atoms with E-state index in [9.17, 15) is 4.79 Å². The number of halogens is 1. The summed E-state index contributed by atoms with van der Waals surface area (Å²) >= 11 is 3.28. The first-order valence-corrected chi connectivity index (χ1v) is 3.86. The van der Waals surface area contributed by atoms with Crippen LogP contribution in [0.2, 0.25) is 0 Å². The van der Waals surface area contributed by atoms with Crippen LogP contribution < -0.4 is 5.32 Å². The van der Waals surface area contributed by atoms with E-state index in [0.29, 0.717) is 0 Å². The summed E-state index contributed by atoms with van der Waals surface area (Å²) in [6.07, 6.45) is 0. The van der Waals surface area contributed by atoms with Gasteiger partial charge in [-0.25, -0.2) is 0 Å². The minimum absolute atomic E-state index is 0.303. The number of nitrogens with one attached hydrogen (secondary N) is 1. The molecule has 0 unspecified atom stereocenters. The zero-order valence-corrected chi connectivity index (χ0v) is 7.39. The molecule has 0 bridgehead atoms. The molecule has 2 nitrogen and oxygen atoms in total. The third kappa shape index (κ3) is 2.72. The van der Waals surface area contributed by atoms with Crippen LogP contribution in [-0.2, 0) is 4.79 Å². The van der Waals surface area contributed by atoms with Gasteiger partial charge in [-0.2, -0.15) is 0 Å². The summed E-state index contributed by atoms with van der Waals surface area (Å²) < 4.78 is 0.934. The SMILES string of the molecule is [CH2]C(=O)Nc1cccc(Br)c1. The average Bonchev–Trinajstić information content (AvgIpc) is 1.85. The van der Waals surface area contributed by atoms with Crippen LogP contribution in [0.5, 0.6) is 0 Å². The van der Waals surface area contributed by atoms with E-state index in [2.05, 4.69) is 28.2 Å². The second-order valence-electron chi connectivity index (χ2n) is 2.06. The summed E-state index contributed by atoms with van der Waals surface area (Å²) in [5.74, 6) is -0.303. The number of hydrogen-bond acceptors (Lipinski definition) is 1. The Kier molecular flexibility index (Phi) is 2.65. The van der Waals surface area contributed by atoms with Crippen LogP contribution in [0.1, 0.15) is 0 Å². The summed E-state index contributed by atoms with van der Waals surface area (Å²) in [6, 6.07) is 7.34. The van der Waals surface area contributed by atoms with Gasteiger partial charge in [-0.05, 0) is 18.2 Å². The highest BCUT2D eigenvalue weighted by Gasteiger charge is 1.94. The number of rotatable bonds is 1. The second-order valence-corrected chi connectivity index (χ2v) is 2.97. The maximum atomic E-state index is 10.5. The Bertz CT molecular complexity index is 273. The molecule has 0 aromatic heterocycles. The number of amides is 1. The van der Waals surface area contributed by atoms with Crippen LogP contribution in [0, 0.1) is 6.92 Å². The molecule has 0 aliphatic heterocycles. The fourth-order valence-corrected chi connectivity index (χ4v) is 1.13. The van der Waals surface area contributed by atoms with E-state index in [1.165, 1.54) is 0 Å². The maximum Gasteiger partial charge on any atom is 0.224 e. The van der Waals surface area contributed by atoms with Crippen molar-refractivity contribution in [3.63, 3.8) is 0 Å². The molecule has 3 heteroatoms. The smallest absolute Gasteiger partial charge is 0.224 e. The Morgan fingerprint density at radius 2 is 2.27 bits per heavy atom. The van der Waals surface area contributed by atoms with E-state index < -0.39 is 0 Å². The molecule has 57 valence electrons. The molecule has 1 rings (SSSR count). The van der Waals surface area contributed by atoms with Crippen LogP contribution in [0.25, 0.3) is 0 Å². The van der Waals surface area contributed by atoms with Gasteiger partial charge in [0.1, 0.15) is 0 Å². The summed E-state index contributed by atoms with van der Waals surface area (Å²) in [5.41, 5.74) is 0.749. The first kappa shape index (κ1) is 8.27. The molecule has 1 radical (unpaired) electrons. The molecule has 1 aromatic rings. The van der Waals surface area contributed by atoms with Crippen LogP contribution in [-0.4, -0.2) is 5.91 Å². The highest BCUT2D eigenvalue weighted by atomic mass is 79.9. The number of carbonyl (C=O) groups excluding carboxylic acids is 1.